The maximum absolute atomic E-state index is 9.70. The topological polar surface area (TPSA) is 66.2 Å². The van der Waals surface area contributed by atoms with Crippen molar-refractivity contribution in [1.82, 2.24) is 9.97 Å². The summed E-state index contributed by atoms with van der Waals surface area (Å²) in [5.41, 5.74) is 4.23. The van der Waals surface area contributed by atoms with Gasteiger partial charge in [0.2, 0.25) is 0 Å². The number of rotatable bonds is 0. The van der Waals surface area contributed by atoms with E-state index in [0.717, 1.165) is 16.6 Å². The molecular weight excluding hydrogens is 228 g/mol. The van der Waals surface area contributed by atoms with Crippen LogP contribution in [0.15, 0.2) is 24.3 Å². The maximum atomic E-state index is 9.70. The average Bonchev–Trinajstić information content (AvgIpc) is 2.34. The number of benzene rings is 2. The second-order valence-corrected chi connectivity index (χ2v) is 4.43. The van der Waals surface area contributed by atoms with E-state index in [-0.39, 0.29) is 11.5 Å². The summed E-state index contributed by atoms with van der Waals surface area (Å²) >= 11 is 0. The summed E-state index contributed by atoms with van der Waals surface area (Å²) in [6, 6.07) is 6.76. The molecule has 0 bridgehead atoms. The summed E-state index contributed by atoms with van der Waals surface area (Å²) in [6.07, 6.45) is 0. The van der Waals surface area contributed by atoms with E-state index < -0.39 is 0 Å². The van der Waals surface area contributed by atoms with E-state index in [2.05, 4.69) is 9.97 Å². The second kappa shape index (κ2) is 3.57. The van der Waals surface area contributed by atoms with Gasteiger partial charge in [0, 0.05) is 11.6 Å². The molecule has 3 aromatic rings. The first kappa shape index (κ1) is 10.8. The van der Waals surface area contributed by atoms with Crippen molar-refractivity contribution in [1.29, 1.82) is 0 Å². The predicted molar refractivity (Wildman–Crippen MR) is 69.8 cm³/mol. The fourth-order valence-corrected chi connectivity index (χ4v) is 2.01. The molecular formula is C14H12N2O2. The van der Waals surface area contributed by atoms with Crippen molar-refractivity contribution in [3.8, 4) is 11.5 Å². The number of aromatic hydroxyl groups is 2. The van der Waals surface area contributed by atoms with Gasteiger partial charge < -0.3 is 10.2 Å². The Bertz CT molecular complexity index is 781. The molecule has 4 nitrogen and oxygen atoms in total. The number of aromatic nitrogens is 2. The Labute approximate surface area is 104 Å². The molecule has 0 aliphatic carbocycles. The number of nitrogens with zero attached hydrogens (tertiary/aromatic N) is 2. The van der Waals surface area contributed by atoms with Crippen LogP contribution in [0.25, 0.3) is 22.1 Å². The van der Waals surface area contributed by atoms with E-state index in [1.165, 1.54) is 0 Å². The third-order valence-electron chi connectivity index (χ3n) is 3.15. The third kappa shape index (κ3) is 1.46. The van der Waals surface area contributed by atoms with E-state index in [9.17, 15) is 10.2 Å². The van der Waals surface area contributed by atoms with Crippen LogP contribution in [0.5, 0.6) is 11.5 Å². The van der Waals surface area contributed by atoms with Crippen LogP contribution < -0.4 is 0 Å². The first-order valence-electron chi connectivity index (χ1n) is 5.66. The monoisotopic (exact) mass is 240 g/mol. The number of hydrogen-bond acceptors (Lipinski definition) is 4. The minimum Gasteiger partial charge on any atom is -0.508 e. The summed E-state index contributed by atoms with van der Waals surface area (Å²) in [4.78, 5) is 8.95. The largest absolute Gasteiger partial charge is 0.508 e. The molecule has 0 radical (unpaired) electrons. The van der Waals surface area contributed by atoms with Crippen molar-refractivity contribution in [2.45, 2.75) is 13.8 Å². The smallest absolute Gasteiger partial charge is 0.120 e. The molecule has 4 heteroatoms. The molecule has 2 aromatic carbocycles. The Morgan fingerprint density at radius 1 is 0.833 bits per heavy atom. The van der Waals surface area contributed by atoms with E-state index >= 15 is 0 Å². The molecule has 1 aromatic heterocycles. The minimum atomic E-state index is 0.201. The van der Waals surface area contributed by atoms with Gasteiger partial charge in [-0.1, -0.05) is 0 Å². The number of phenolic OH excluding ortho intramolecular Hbond substituents is 2. The lowest BCUT2D eigenvalue weighted by Gasteiger charge is -2.06. The van der Waals surface area contributed by atoms with Crippen LogP contribution in [0, 0.1) is 13.8 Å². The fourth-order valence-electron chi connectivity index (χ4n) is 2.01. The first-order chi connectivity index (χ1) is 8.56. The lowest BCUT2D eigenvalue weighted by molar-refractivity contribution is 0.472. The lowest BCUT2D eigenvalue weighted by atomic mass is 10.1. The maximum Gasteiger partial charge on any atom is 0.120 e. The Kier molecular flexibility index (Phi) is 2.13. The standard InChI is InChI=1S/C14H12N2O2/c1-7-5-10-11(6-13(7)18)16-14-8(2)12(17)4-3-9(14)15-10/h3-6,17-18H,1-2H3. The molecule has 0 fully saturated rings. The summed E-state index contributed by atoms with van der Waals surface area (Å²) < 4.78 is 0. The van der Waals surface area contributed by atoms with Gasteiger partial charge in [0.1, 0.15) is 11.5 Å². The van der Waals surface area contributed by atoms with Crippen LogP contribution >= 0.6 is 0 Å². The van der Waals surface area contributed by atoms with Gasteiger partial charge in [0.25, 0.3) is 0 Å². The highest BCUT2D eigenvalue weighted by atomic mass is 16.3. The fraction of sp³-hybridized carbons (Fsp3) is 0.143. The van der Waals surface area contributed by atoms with Gasteiger partial charge >= 0.3 is 0 Å². The van der Waals surface area contributed by atoms with Gasteiger partial charge in [0.05, 0.1) is 22.1 Å². The van der Waals surface area contributed by atoms with Gasteiger partial charge in [-0.05, 0) is 37.6 Å². The Hall–Kier alpha value is -2.36. The van der Waals surface area contributed by atoms with E-state index in [0.29, 0.717) is 16.6 Å². The van der Waals surface area contributed by atoms with Gasteiger partial charge in [-0.2, -0.15) is 0 Å². The van der Waals surface area contributed by atoms with Crippen molar-refractivity contribution in [2.75, 3.05) is 0 Å². The highest BCUT2D eigenvalue weighted by Gasteiger charge is 2.08. The summed E-state index contributed by atoms with van der Waals surface area (Å²) in [5, 5.41) is 19.4. The highest BCUT2D eigenvalue weighted by molar-refractivity contribution is 5.89. The molecule has 0 aliphatic heterocycles. The van der Waals surface area contributed by atoms with Crippen molar-refractivity contribution >= 4 is 22.1 Å². The van der Waals surface area contributed by atoms with Gasteiger partial charge in [0.15, 0.2) is 0 Å². The Balaban J connectivity index is 2.47. The molecule has 2 N–H and O–H groups in total. The van der Waals surface area contributed by atoms with Crippen LogP contribution in [0.1, 0.15) is 11.1 Å². The third-order valence-corrected chi connectivity index (χ3v) is 3.15. The molecule has 0 amide bonds. The molecule has 90 valence electrons. The average molecular weight is 240 g/mol. The molecule has 0 aliphatic rings. The van der Waals surface area contributed by atoms with Crippen molar-refractivity contribution < 1.29 is 10.2 Å². The summed E-state index contributed by atoms with van der Waals surface area (Å²) in [6.45, 7) is 3.62. The van der Waals surface area contributed by atoms with Crippen LogP contribution in [-0.4, -0.2) is 20.2 Å². The molecule has 18 heavy (non-hydrogen) atoms. The molecule has 0 spiro atoms. The first-order valence-corrected chi connectivity index (χ1v) is 5.66. The van der Waals surface area contributed by atoms with Crippen LogP contribution in [0.3, 0.4) is 0 Å². The highest BCUT2D eigenvalue weighted by Crippen LogP contribution is 2.28. The molecule has 3 rings (SSSR count). The zero-order chi connectivity index (χ0) is 12.9. The number of fused-ring (bicyclic) bond motifs is 2. The Morgan fingerprint density at radius 2 is 1.56 bits per heavy atom. The SMILES string of the molecule is Cc1cc2nc3ccc(O)c(C)c3nc2cc1O. The van der Waals surface area contributed by atoms with E-state index in [1.54, 1.807) is 31.2 Å². The number of aryl methyl sites for hydroxylation is 2. The molecule has 0 saturated carbocycles. The predicted octanol–water partition coefficient (Wildman–Crippen LogP) is 2.81. The van der Waals surface area contributed by atoms with Gasteiger partial charge in [-0.3, -0.25) is 0 Å². The van der Waals surface area contributed by atoms with Gasteiger partial charge in [-0.15, -0.1) is 0 Å². The molecule has 1 heterocycles. The molecule has 0 atom stereocenters. The van der Waals surface area contributed by atoms with E-state index in [1.807, 2.05) is 6.92 Å². The minimum absolute atomic E-state index is 0.201. The van der Waals surface area contributed by atoms with E-state index in [4.69, 9.17) is 0 Å². The lowest BCUT2D eigenvalue weighted by Crippen LogP contribution is -1.91. The van der Waals surface area contributed by atoms with Crippen LogP contribution in [-0.2, 0) is 0 Å². The zero-order valence-corrected chi connectivity index (χ0v) is 10.1. The van der Waals surface area contributed by atoms with Crippen LogP contribution in [0.4, 0.5) is 0 Å². The normalized spacial score (nSPS) is 11.2. The zero-order valence-electron chi connectivity index (χ0n) is 10.1. The van der Waals surface area contributed by atoms with Crippen molar-refractivity contribution in [3.63, 3.8) is 0 Å². The molecule has 0 saturated heterocycles. The van der Waals surface area contributed by atoms with Crippen molar-refractivity contribution in [3.05, 3.63) is 35.4 Å². The second-order valence-electron chi connectivity index (χ2n) is 4.43. The summed E-state index contributed by atoms with van der Waals surface area (Å²) in [7, 11) is 0. The number of hydrogen-bond donors (Lipinski definition) is 2. The van der Waals surface area contributed by atoms with Crippen LogP contribution in [0.2, 0.25) is 0 Å². The van der Waals surface area contributed by atoms with Crippen molar-refractivity contribution in [2.24, 2.45) is 0 Å². The number of phenols is 2. The Morgan fingerprint density at radius 3 is 2.33 bits per heavy atom. The van der Waals surface area contributed by atoms with Gasteiger partial charge in [-0.25, -0.2) is 9.97 Å². The quantitative estimate of drug-likeness (QED) is 0.593. The summed E-state index contributed by atoms with van der Waals surface area (Å²) in [5.74, 6) is 0.404. The molecule has 0 unspecified atom stereocenters.